The maximum absolute atomic E-state index is 12.6. The first kappa shape index (κ1) is 32.5. The molecule has 0 saturated heterocycles. The number of ether oxygens (including phenoxy) is 1. The van der Waals surface area contributed by atoms with Crippen molar-refractivity contribution in [3.05, 3.63) is 40.7 Å². The van der Waals surface area contributed by atoms with Crippen molar-refractivity contribution >= 4 is 74.4 Å². The predicted octanol–water partition coefficient (Wildman–Crippen LogP) is 6.58. The number of carbonyl (C=O) groups is 2. The molecule has 0 aliphatic heterocycles. The lowest BCUT2D eigenvalue weighted by atomic mass is 10.1. The number of hydrogen-bond donors (Lipinski definition) is 3. The van der Waals surface area contributed by atoms with Gasteiger partial charge in [-0.05, 0) is 37.6 Å². The van der Waals surface area contributed by atoms with Gasteiger partial charge < -0.3 is 10.1 Å². The Balaban J connectivity index is 2.56. The van der Waals surface area contributed by atoms with E-state index in [1.807, 2.05) is 0 Å². The molecule has 1 aromatic carbocycles. The molecule has 0 atom stereocenters. The largest absolute Gasteiger partial charge is 0.462 e. The zero-order valence-corrected chi connectivity index (χ0v) is 23.7. The van der Waals surface area contributed by atoms with Crippen LogP contribution in [-0.4, -0.2) is 29.0 Å². The van der Waals surface area contributed by atoms with E-state index in [2.05, 4.69) is 61.7 Å². The fraction of sp³-hybridized carbons (Fsp3) is 0.261. The minimum Gasteiger partial charge on any atom is -0.462 e. The van der Waals surface area contributed by atoms with Crippen molar-refractivity contribution in [2.24, 2.45) is 16.1 Å². The molecule has 1 heterocycles. The van der Waals surface area contributed by atoms with Crippen molar-refractivity contribution in [3.63, 3.8) is 0 Å². The summed E-state index contributed by atoms with van der Waals surface area (Å²) in [5, 5.41) is 40.1. The molecule has 14 nitrogen and oxygen atoms in total. The van der Waals surface area contributed by atoms with Gasteiger partial charge in [-0.1, -0.05) is 23.9 Å². The van der Waals surface area contributed by atoms with Crippen LogP contribution in [0.2, 0.25) is 0 Å². The normalized spacial score (nSPS) is 10.3. The Morgan fingerprint density at radius 1 is 1.18 bits per heavy atom. The first-order valence-electron chi connectivity index (χ1n) is 10.9. The van der Waals surface area contributed by atoms with Crippen LogP contribution in [0.4, 0.5) is 27.1 Å². The highest BCUT2D eigenvalue weighted by Crippen LogP contribution is 2.42. The van der Waals surface area contributed by atoms with Gasteiger partial charge in [-0.25, -0.2) is 25.1 Å². The van der Waals surface area contributed by atoms with Gasteiger partial charge in [-0.3, -0.25) is 4.79 Å². The van der Waals surface area contributed by atoms with Gasteiger partial charge in [0, 0.05) is 28.5 Å². The van der Waals surface area contributed by atoms with Crippen LogP contribution in [0.25, 0.3) is 4.85 Å². The summed E-state index contributed by atoms with van der Waals surface area (Å²) in [6.45, 7) is 14.2. The zero-order chi connectivity index (χ0) is 29.5. The smallest absolute Gasteiger partial charge is 0.340 e. The van der Waals surface area contributed by atoms with Gasteiger partial charge in [0.2, 0.25) is 10.9 Å². The molecule has 0 aliphatic rings. The molecule has 0 spiro atoms. The minimum absolute atomic E-state index is 0.149. The topological polar surface area (TPSA) is 165 Å². The maximum atomic E-state index is 12.6. The first-order chi connectivity index (χ1) is 19.3. The molecule has 0 fully saturated rings. The van der Waals surface area contributed by atoms with E-state index in [-0.39, 0.29) is 45.4 Å². The molecule has 1 amide bonds. The monoisotopic (exact) mass is 607 g/mol. The van der Waals surface area contributed by atoms with E-state index in [9.17, 15) is 9.59 Å². The molecule has 1 aromatic heterocycles. The number of nitrogens with one attached hydrogen (secondary N) is 1. The van der Waals surface area contributed by atoms with E-state index in [1.54, 1.807) is 33.8 Å². The first-order valence-corrected chi connectivity index (χ1v) is 13.2. The number of hydrogen-bond acceptors (Lipinski definition) is 15. The third-order valence-corrected chi connectivity index (χ3v) is 6.15. The number of benzene rings is 1. The average Bonchev–Trinajstić information content (AvgIpc) is 3.26. The van der Waals surface area contributed by atoms with E-state index in [1.165, 1.54) is 17.0 Å². The minimum atomic E-state index is -0.616. The zero-order valence-electron chi connectivity index (χ0n) is 21.3. The second-order valence-electron chi connectivity index (χ2n) is 7.31. The van der Waals surface area contributed by atoms with Crippen LogP contribution in [0.15, 0.2) is 28.4 Å². The van der Waals surface area contributed by atoms with E-state index in [0.717, 1.165) is 11.3 Å². The summed E-state index contributed by atoms with van der Waals surface area (Å²) < 4.78 is 13.6. The standard InChI is InChI=1S/C23H21N5O9S3/c1-6-33-23(30)19-15(4)21(24-5)40-22(19)27-26-16-7-8-18(17(13-16)25-20(29)14(2)3)28(9-11-38-36-34-31)10-12-39-37-35-32/h7-8,13-14,31-32H,6H2,1-4H3,(H,25,29). The molecular formula is C23H21N5O9S3. The van der Waals surface area contributed by atoms with Crippen LogP contribution in [0.1, 0.15) is 36.7 Å². The molecule has 40 heavy (non-hydrogen) atoms. The number of amides is 1. The molecule has 0 radical (unpaired) electrons. The van der Waals surface area contributed by atoms with Crippen LogP contribution < -0.4 is 10.2 Å². The Morgan fingerprint density at radius 3 is 2.38 bits per heavy atom. The Kier molecular flexibility index (Phi) is 13.9. The van der Waals surface area contributed by atoms with Crippen molar-refractivity contribution in [1.82, 2.24) is 0 Å². The number of nitrogens with zero attached hydrogens (tertiary/aromatic N) is 4. The average molecular weight is 608 g/mol. The summed E-state index contributed by atoms with van der Waals surface area (Å²) in [5.74, 6) is -1.32. The molecule has 2 aromatic rings. The van der Waals surface area contributed by atoms with Crippen molar-refractivity contribution in [1.29, 1.82) is 0 Å². The second-order valence-corrected chi connectivity index (χ2v) is 9.30. The summed E-state index contributed by atoms with van der Waals surface area (Å²) in [7, 11) is 0. The number of carbonyl (C=O) groups excluding carboxylic acids is 2. The molecule has 3 N–H and O–H groups in total. The third-order valence-electron chi connectivity index (χ3n) is 4.47. The summed E-state index contributed by atoms with van der Waals surface area (Å²) in [6.07, 6.45) is 0. The summed E-state index contributed by atoms with van der Waals surface area (Å²) in [5.41, 5.74) is 1.41. The molecule has 17 heteroatoms. The quantitative estimate of drug-likeness (QED) is 0.0290. The third kappa shape index (κ3) is 9.51. The second kappa shape index (κ2) is 17.1. The molecule has 0 aliphatic carbocycles. The van der Waals surface area contributed by atoms with Gasteiger partial charge in [-0.2, -0.15) is 0 Å². The van der Waals surface area contributed by atoms with Gasteiger partial charge >= 0.3 is 5.97 Å². The molecular weight excluding hydrogens is 586 g/mol. The number of anilines is 2. The fourth-order valence-electron chi connectivity index (χ4n) is 2.71. The van der Waals surface area contributed by atoms with Gasteiger partial charge in [0.05, 0.1) is 35.8 Å². The number of rotatable bonds is 11. The van der Waals surface area contributed by atoms with E-state index < -0.39 is 5.97 Å². The van der Waals surface area contributed by atoms with Crippen molar-refractivity contribution in [3.8, 4) is 22.6 Å². The van der Waals surface area contributed by atoms with E-state index >= 15 is 0 Å². The summed E-state index contributed by atoms with van der Waals surface area (Å²) >= 11 is 1.88. The van der Waals surface area contributed by atoms with Crippen LogP contribution in [0.5, 0.6) is 0 Å². The van der Waals surface area contributed by atoms with Crippen molar-refractivity contribution < 1.29 is 43.6 Å². The van der Waals surface area contributed by atoms with E-state index in [0.29, 0.717) is 35.3 Å². The Labute approximate surface area is 241 Å². The molecule has 0 saturated carbocycles. The Morgan fingerprint density at radius 2 is 1.82 bits per heavy atom. The van der Waals surface area contributed by atoms with Crippen molar-refractivity contribution in [2.45, 2.75) is 27.7 Å². The Hall–Kier alpha value is -3.67. The number of thiophene rings is 1. The predicted molar refractivity (Wildman–Crippen MR) is 148 cm³/mol. The number of esters is 1. The molecule has 210 valence electrons. The fourth-order valence-corrected chi connectivity index (χ4v) is 4.00. The van der Waals surface area contributed by atoms with Gasteiger partial charge in [0.1, 0.15) is 29.1 Å². The van der Waals surface area contributed by atoms with Crippen LogP contribution in [0, 0.1) is 42.0 Å². The molecule has 2 rings (SSSR count). The Bertz CT molecular complexity index is 1370. The van der Waals surface area contributed by atoms with Gasteiger partial charge in [0.25, 0.3) is 0 Å². The molecule has 0 bridgehead atoms. The summed E-state index contributed by atoms with van der Waals surface area (Å²) in [4.78, 5) is 29.7. The van der Waals surface area contributed by atoms with Gasteiger partial charge in [-0.15, -0.1) is 30.2 Å². The highest BCUT2D eigenvalue weighted by Gasteiger charge is 2.22. The highest BCUT2D eigenvalue weighted by atomic mass is 32.2. The van der Waals surface area contributed by atoms with Crippen LogP contribution >= 0.6 is 35.4 Å². The number of azo groups is 1. The lowest BCUT2D eigenvalue weighted by Crippen LogP contribution is -2.20. The molecule has 0 unspecified atom stereocenters. The SMILES string of the molecule is [C-]#[N+]c1sc(N=Nc2ccc(N(C#CSOOO)C#CSOOO)c(NC(=O)C(C)C)c2)c(C(=O)OCC)c1C. The van der Waals surface area contributed by atoms with Gasteiger partial charge in [0.15, 0.2) is 0 Å². The lowest BCUT2D eigenvalue weighted by Gasteiger charge is -2.17. The van der Waals surface area contributed by atoms with Crippen LogP contribution in [-0.2, 0) is 28.3 Å². The van der Waals surface area contributed by atoms with Crippen LogP contribution in [0.3, 0.4) is 0 Å². The summed E-state index contributed by atoms with van der Waals surface area (Å²) in [6, 6.07) is 9.81. The van der Waals surface area contributed by atoms with E-state index in [4.69, 9.17) is 21.8 Å². The maximum Gasteiger partial charge on any atom is 0.340 e. The highest BCUT2D eigenvalue weighted by molar-refractivity contribution is 7.99. The lowest BCUT2D eigenvalue weighted by molar-refractivity contribution is -0.431. The van der Waals surface area contributed by atoms with Crippen molar-refractivity contribution in [2.75, 3.05) is 16.8 Å².